The van der Waals surface area contributed by atoms with Gasteiger partial charge in [-0.2, -0.15) is 0 Å². The zero-order valence-corrected chi connectivity index (χ0v) is 34.2. The topological polar surface area (TPSA) is 264 Å². The molecule has 16 heteroatoms. The number of nitrogens with one attached hydrogen (secondary N) is 6. The van der Waals surface area contributed by atoms with Gasteiger partial charge in [0.1, 0.15) is 23.9 Å². The SMILES string of the molecule is CCCCC[C@@H](NC(=O)C1CCCC1NC(=O)[C@@H](Cc1ccc(O)cc1)NC(=O)C1CCCC1NC(=O)[C@@H](CCCCN)NC(=O)C1CCCC1NC(C)=O)C(N)=O. The molecular formula is C42H66N8O8. The smallest absolute Gasteiger partial charge is 0.243 e. The highest BCUT2D eigenvalue weighted by atomic mass is 16.3. The molecule has 0 aliphatic heterocycles. The molecule has 3 aliphatic rings. The second kappa shape index (κ2) is 23.0. The van der Waals surface area contributed by atoms with Gasteiger partial charge in [0.2, 0.25) is 41.4 Å². The lowest BCUT2D eigenvalue weighted by Gasteiger charge is -2.28. The van der Waals surface area contributed by atoms with Gasteiger partial charge in [0.15, 0.2) is 0 Å². The fourth-order valence-corrected chi connectivity index (χ4v) is 8.73. The van der Waals surface area contributed by atoms with Gasteiger partial charge in [0, 0.05) is 31.5 Å². The van der Waals surface area contributed by atoms with Crippen LogP contribution in [0.4, 0.5) is 0 Å². The van der Waals surface area contributed by atoms with Gasteiger partial charge < -0.3 is 48.5 Å². The van der Waals surface area contributed by atoms with Crippen LogP contribution in [0, 0.1) is 17.8 Å². The minimum Gasteiger partial charge on any atom is -0.508 e. The molecule has 3 fully saturated rings. The number of unbranched alkanes of at least 4 members (excludes halogenated alkanes) is 3. The van der Waals surface area contributed by atoms with Crippen LogP contribution in [-0.4, -0.2) is 89.3 Å². The molecule has 0 spiro atoms. The average molecular weight is 811 g/mol. The minimum atomic E-state index is -1.04. The Morgan fingerprint density at radius 1 is 0.638 bits per heavy atom. The number of carbonyl (C=O) groups is 7. The lowest BCUT2D eigenvalue weighted by Crippen LogP contribution is -2.57. The molecule has 1 aromatic carbocycles. The molecule has 0 heterocycles. The van der Waals surface area contributed by atoms with Crippen LogP contribution < -0.4 is 43.4 Å². The Hall–Kier alpha value is -4.73. The number of aromatic hydroxyl groups is 1. The predicted molar refractivity (Wildman–Crippen MR) is 217 cm³/mol. The van der Waals surface area contributed by atoms with Crippen LogP contribution in [0.1, 0.15) is 122 Å². The minimum absolute atomic E-state index is 0.0513. The Morgan fingerprint density at radius 2 is 1.09 bits per heavy atom. The Labute approximate surface area is 341 Å². The Kier molecular flexibility index (Phi) is 18.2. The van der Waals surface area contributed by atoms with Crippen LogP contribution >= 0.6 is 0 Å². The number of hydrogen-bond acceptors (Lipinski definition) is 9. The normalized spacial score (nSPS) is 24.2. The van der Waals surface area contributed by atoms with E-state index in [1.165, 1.54) is 19.1 Å². The number of hydrogen-bond donors (Lipinski definition) is 9. The molecule has 0 bridgehead atoms. The number of rotatable bonds is 22. The van der Waals surface area contributed by atoms with Gasteiger partial charge in [-0.15, -0.1) is 0 Å². The average Bonchev–Trinajstić information content (AvgIpc) is 3.96. The number of primary amides is 1. The standard InChI is InChI=1S/C42H66N8O8/c1-3-4-5-14-34(37(44)53)48-38(54)29-12-9-18-33(29)47-42(58)36(24-26-19-21-27(52)22-20-26)50-40(56)30-13-10-17-32(30)46-41(57)35(15-6-7-23-43)49-39(55)28-11-8-16-31(28)45-25(2)51/h19-22,28-36,52H,3-18,23-24,43H2,1-2H3,(H2,44,53)(H,45,51)(H,46,57)(H,47,58)(H,48,54)(H,49,55)(H,50,56)/t28?,29?,30?,31?,32?,33?,34-,35-,36-/m1/s1. The van der Waals surface area contributed by atoms with E-state index < -0.39 is 71.6 Å². The van der Waals surface area contributed by atoms with E-state index in [0.717, 1.165) is 25.7 Å². The largest absolute Gasteiger partial charge is 0.508 e. The summed E-state index contributed by atoms with van der Waals surface area (Å²) in [6, 6.07) is 2.24. The second-order valence-corrected chi connectivity index (χ2v) is 16.4. The number of phenolic OH excluding ortho intramolecular Hbond substituents is 1. The predicted octanol–water partition coefficient (Wildman–Crippen LogP) is 1.46. The number of nitrogens with two attached hydrogens (primary N) is 2. The van der Waals surface area contributed by atoms with E-state index in [0.29, 0.717) is 89.2 Å². The summed E-state index contributed by atoms with van der Waals surface area (Å²) in [4.78, 5) is 92.6. The monoisotopic (exact) mass is 811 g/mol. The highest BCUT2D eigenvalue weighted by Crippen LogP contribution is 2.29. The van der Waals surface area contributed by atoms with Crippen LogP contribution in [-0.2, 0) is 40.0 Å². The van der Waals surface area contributed by atoms with E-state index in [4.69, 9.17) is 11.5 Å². The zero-order valence-electron chi connectivity index (χ0n) is 34.2. The molecule has 58 heavy (non-hydrogen) atoms. The lowest BCUT2D eigenvalue weighted by atomic mass is 9.97. The van der Waals surface area contributed by atoms with Crippen LogP contribution in [0.5, 0.6) is 5.75 Å². The van der Waals surface area contributed by atoms with Crippen LogP contribution in [0.25, 0.3) is 0 Å². The van der Waals surface area contributed by atoms with E-state index in [1.54, 1.807) is 12.1 Å². The molecule has 0 radical (unpaired) electrons. The molecule has 7 amide bonds. The number of amides is 7. The van der Waals surface area contributed by atoms with Crippen molar-refractivity contribution in [1.29, 1.82) is 0 Å². The van der Waals surface area contributed by atoms with Gasteiger partial charge in [-0.1, -0.05) is 57.6 Å². The van der Waals surface area contributed by atoms with Crippen molar-refractivity contribution in [3.8, 4) is 5.75 Å². The molecule has 0 aromatic heterocycles. The van der Waals surface area contributed by atoms with Gasteiger partial charge in [0.05, 0.1) is 17.8 Å². The third kappa shape index (κ3) is 13.7. The molecule has 3 aliphatic carbocycles. The quantitative estimate of drug-likeness (QED) is 0.0767. The van der Waals surface area contributed by atoms with Crippen molar-refractivity contribution < 1.29 is 38.7 Å². The summed E-state index contributed by atoms with van der Waals surface area (Å²) < 4.78 is 0. The fraction of sp³-hybridized carbons (Fsp3) is 0.690. The molecule has 3 saturated carbocycles. The molecule has 11 N–H and O–H groups in total. The van der Waals surface area contributed by atoms with Crippen molar-refractivity contribution >= 4 is 41.4 Å². The van der Waals surface area contributed by atoms with Gasteiger partial charge in [-0.05, 0) is 88.4 Å². The van der Waals surface area contributed by atoms with Gasteiger partial charge in [0.25, 0.3) is 0 Å². The van der Waals surface area contributed by atoms with Crippen LogP contribution in [0.15, 0.2) is 24.3 Å². The van der Waals surface area contributed by atoms with Gasteiger partial charge in [-0.3, -0.25) is 33.6 Å². The van der Waals surface area contributed by atoms with E-state index >= 15 is 0 Å². The zero-order chi connectivity index (χ0) is 42.2. The molecule has 16 nitrogen and oxygen atoms in total. The van der Waals surface area contributed by atoms with E-state index in [-0.39, 0.29) is 35.9 Å². The fourth-order valence-electron chi connectivity index (χ4n) is 8.73. The summed E-state index contributed by atoms with van der Waals surface area (Å²) in [6.45, 7) is 3.89. The van der Waals surface area contributed by atoms with Crippen molar-refractivity contribution in [2.45, 2.75) is 159 Å². The molecule has 0 saturated heterocycles. The molecule has 322 valence electrons. The molecular weight excluding hydrogens is 745 g/mol. The van der Waals surface area contributed by atoms with Gasteiger partial charge >= 0.3 is 0 Å². The first kappa shape index (κ1) is 46.0. The van der Waals surface area contributed by atoms with Crippen LogP contribution in [0.3, 0.4) is 0 Å². The van der Waals surface area contributed by atoms with Gasteiger partial charge in [-0.25, -0.2) is 0 Å². The first-order valence-electron chi connectivity index (χ1n) is 21.4. The maximum absolute atomic E-state index is 14.0. The maximum Gasteiger partial charge on any atom is 0.243 e. The third-order valence-corrected chi connectivity index (χ3v) is 11.9. The summed E-state index contributed by atoms with van der Waals surface area (Å²) in [5.41, 5.74) is 12.0. The first-order chi connectivity index (χ1) is 27.8. The number of benzene rings is 1. The highest BCUT2D eigenvalue weighted by Gasteiger charge is 2.40. The molecule has 6 unspecified atom stereocenters. The molecule has 9 atom stereocenters. The van der Waals surface area contributed by atoms with E-state index in [1.807, 2.05) is 6.92 Å². The Morgan fingerprint density at radius 3 is 1.57 bits per heavy atom. The summed E-state index contributed by atoms with van der Waals surface area (Å²) in [7, 11) is 0. The van der Waals surface area contributed by atoms with Crippen molar-refractivity contribution in [3.05, 3.63) is 29.8 Å². The lowest BCUT2D eigenvalue weighted by molar-refractivity contribution is -0.134. The van der Waals surface area contributed by atoms with Crippen molar-refractivity contribution in [1.82, 2.24) is 31.9 Å². The van der Waals surface area contributed by atoms with E-state index in [9.17, 15) is 38.7 Å². The Balaban J connectivity index is 1.44. The summed E-state index contributed by atoms with van der Waals surface area (Å²) >= 11 is 0. The van der Waals surface area contributed by atoms with Crippen molar-refractivity contribution in [3.63, 3.8) is 0 Å². The second-order valence-electron chi connectivity index (χ2n) is 16.4. The van der Waals surface area contributed by atoms with E-state index in [2.05, 4.69) is 31.9 Å². The number of phenols is 1. The highest BCUT2D eigenvalue weighted by molar-refractivity contribution is 5.92. The Bertz CT molecular complexity index is 1570. The van der Waals surface area contributed by atoms with Crippen molar-refractivity contribution in [2.75, 3.05) is 6.54 Å². The summed E-state index contributed by atoms with van der Waals surface area (Å²) in [5, 5.41) is 27.4. The summed E-state index contributed by atoms with van der Waals surface area (Å²) in [6.07, 6.45) is 10.2. The molecule has 4 rings (SSSR count). The maximum atomic E-state index is 14.0. The third-order valence-electron chi connectivity index (χ3n) is 11.9. The van der Waals surface area contributed by atoms with Crippen molar-refractivity contribution in [2.24, 2.45) is 29.2 Å². The number of carbonyl (C=O) groups excluding carboxylic acids is 7. The summed E-state index contributed by atoms with van der Waals surface area (Å²) in [5.74, 6) is -4.39. The molecule has 1 aromatic rings. The van der Waals surface area contributed by atoms with Crippen LogP contribution in [0.2, 0.25) is 0 Å². The first-order valence-corrected chi connectivity index (χ1v) is 21.4.